The van der Waals surface area contributed by atoms with Crippen molar-refractivity contribution >= 4 is 11.8 Å². The van der Waals surface area contributed by atoms with Crippen molar-refractivity contribution in [3.8, 4) is 11.6 Å². The maximum atomic E-state index is 13.3. The van der Waals surface area contributed by atoms with Gasteiger partial charge in [0.25, 0.3) is 0 Å². The fourth-order valence-electron chi connectivity index (χ4n) is 5.67. The lowest BCUT2D eigenvalue weighted by atomic mass is 9.97. The zero-order valence-electron chi connectivity index (χ0n) is 21.2. The number of ether oxygens (including phenoxy) is 2. The highest BCUT2D eigenvalue weighted by atomic mass is 16.5. The number of fused-ring (bicyclic) bond motifs is 2. The fourth-order valence-corrected chi connectivity index (χ4v) is 5.67. The van der Waals surface area contributed by atoms with Gasteiger partial charge in [-0.2, -0.15) is 0 Å². The molecule has 2 unspecified atom stereocenters. The molecular formula is C28H33N5O4. The molecule has 3 N–H and O–H groups in total. The Labute approximate surface area is 216 Å². The van der Waals surface area contributed by atoms with E-state index in [4.69, 9.17) is 9.47 Å². The third-order valence-corrected chi connectivity index (χ3v) is 7.85. The lowest BCUT2D eigenvalue weighted by Crippen LogP contribution is -2.42. The number of rotatable bonds is 6. The summed E-state index contributed by atoms with van der Waals surface area (Å²) in [6.45, 7) is 4.62. The number of likely N-dealkylation sites (N-methyl/N-ethyl adjacent to an activating group) is 1. The van der Waals surface area contributed by atoms with Gasteiger partial charge in [-0.05, 0) is 50.1 Å². The Bertz CT molecular complexity index is 1290. The molecular weight excluding hydrogens is 470 g/mol. The molecule has 1 saturated heterocycles. The summed E-state index contributed by atoms with van der Waals surface area (Å²) in [6, 6.07) is 16.7. The second kappa shape index (κ2) is 9.48. The number of aromatic nitrogens is 2. The first-order valence-electron chi connectivity index (χ1n) is 12.9. The van der Waals surface area contributed by atoms with Crippen LogP contribution in [-0.4, -0.2) is 71.4 Å². The van der Waals surface area contributed by atoms with Crippen molar-refractivity contribution in [3.05, 3.63) is 71.3 Å². The average Bonchev–Trinajstić information content (AvgIpc) is 3.62. The number of nitrogens with zero attached hydrogens (tertiary/aromatic N) is 3. The highest BCUT2D eigenvalue weighted by Crippen LogP contribution is 2.59. The molecule has 3 atom stereocenters. The molecule has 0 bridgehead atoms. The molecule has 1 aromatic heterocycles. The van der Waals surface area contributed by atoms with Gasteiger partial charge in [0.05, 0.1) is 30.0 Å². The van der Waals surface area contributed by atoms with E-state index in [0.29, 0.717) is 30.5 Å². The molecule has 1 spiro atoms. The lowest BCUT2D eigenvalue weighted by molar-refractivity contribution is -0.0411. The van der Waals surface area contributed by atoms with Gasteiger partial charge in [-0.1, -0.05) is 42.5 Å². The number of morpholine rings is 1. The first-order chi connectivity index (χ1) is 18.0. The van der Waals surface area contributed by atoms with E-state index in [0.717, 1.165) is 42.7 Å². The van der Waals surface area contributed by atoms with Crippen LogP contribution in [0.3, 0.4) is 0 Å². The molecule has 2 heterocycles. The van der Waals surface area contributed by atoms with Crippen LogP contribution in [0, 0.1) is 6.92 Å². The molecule has 0 radical (unpaired) electrons. The van der Waals surface area contributed by atoms with E-state index in [-0.39, 0.29) is 11.5 Å². The number of nitrogens with one attached hydrogen (secondary N) is 2. The molecule has 194 valence electrons. The molecule has 3 aliphatic rings. The second-order valence-corrected chi connectivity index (χ2v) is 10.4. The molecule has 3 aromatic rings. The predicted octanol–water partition coefficient (Wildman–Crippen LogP) is 3.16. The summed E-state index contributed by atoms with van der Waals surface area (Å²) >= 11 is 0. The van der Waals surface area contributed by atoms with Crippen LogP contribution in [0.5, 0.6) is 5.88 Å². The van der Waals surface area contributed by atoms with E-state index in [1.54, 1.807) is 4.68 Å². The molecule has 1 aliphatic heterocycles. The Morgan fingerprint density at radius 1 is 1.19 bits per heavy atom. The number of aliphatic hydroxyl groups is 1. The highest BCUT2D eigenvalue weighted by molar-refractivity contribution is 5.90. The van der Waals surface area contributed by atoms with Crippen molar-refractivity contribution in [1.29, 1.82) is 0 Å². The third-order valence-electron chi connectivity index (χ3n) is 7.85. The van der Waals surface area contributed by atoms with Crippen LogP contribution in [0.4, 0.5) is 10.6 Å². The number of amides is 2. The van der Waals surface area contributed by atoms with E-state index in [1.165, 1.54) is 0 Å². The molecule has 2 aromatic carbocycles. The van der Waals surface area contributed by atoms with E-state index >= 15 is 0 Å². The van der Waals surface area contributed by atoms with E-state index in [2.05, 4.69) is 33.7 Å². The van der Waals surface area contributed by atoms with Crippen LogP contribution in [-0.2, 0) is 10.2 Å². The van der Waals surface area contributed by atoms with Gasteiger partial charge < -0.3 is 24.8 Å². The molecule has 6 rings (SSSR count). The van der Waals surface area contributed by atoms with Crippen molar-refractivity contribution in [2.24, 2.45) is 0 Å². The largest absolute Gasteiger partial charge is 0.474 e. The molecule has 2 amide bonds. The van der Waals surface area contributed by atoms with Crippen LogP contribution < -0.4 is 15.4 Å². The number of hydrogen-bond acceptors (Lipinski definition) is 6. The van der Waals surface area contributed by atoms with Crippen molar-refractivity contribution in [2.45, 2.75) is 43.4 Å². The summed E-state index contributed by atoms with van der Waals surface area (Å²) in [5.74, 6) is 0.960. The number of carbonyl (C=O) groups excluding carboxylic acids is 1. The second-order valence-electron chi connectivity index (χ2n) is 10.4. The Balaban J connectivity index is 1.23. The summed E-state index contributed by atoms with van der Waals surface area (Å²) in [5.41, 5.74) is 3.41. The Hall–Kier alpha value is -3.40. The number of urea groups is 1. The quantitative estimate of drug-likeness (QED) is 0.478. The fraction of sp³-hybridized carbons (Fsp3) is 0.429. The van der Waals surface area contributed by atoms with Gasteiger partial charge in [-0.25, -0.2) is 9.48 Å². The van der Waals surface area contributed by atoms with Crippen LogP contribution in [0.15, 0.2) is 54.6 Å². The van der Waals surface area contributed by atoms with Crippen LogP contribution in [0.1, 0.15) is 35.6 Å². The number of hydrogen-bond donors (Lipinski definition) is 3. The van der Waals surface area contributed by atoms with E-state index in [9.17, 15) is 9.90 Å². The Morgan fingerprint density at radius 2 is 1.95 bits per heavy atom. The number of aliphatic hydroxyl groups excluding tert-OH is 1. The number of anilines is 1. The van der Waals surface area contributed by atoms with E-state index < -0.39 is 18.2 Å². The van der Waals surface area contributed by atoms with Gasteiger partial charge in [-0.3, -0.25) is 5.32 Å². The van der Waals surface area contributed by atoms with Crippen LogP contribution in [0.25, 0.3) is 5.69 Å². The summed E-state index contributed by atoms with van der Waals surface area (Å²) in [4.78, 5) is 15.5. The molecule has 2 aliphatic carbocycles. The SMILES string of the molecule is Cc1c(OC[C@H]2CN(C)CCO2)nn(-c2ccccc2)c1NC(=O)NC1c2ccccc2C2(CC2)C1O. The first-order valence-corrected chi connectivity index (χ1v) is 12.9. The Morgan fingerprint density at radius 3 is 2.70 bits per heavy atom. The molecule has 37 heavy (non-hydrogen) atoms. The summed E-state index contributed by atoms with van der Waals surface area (Å²) < 4.78 is 13.6. The van der Waals surface area contributed by atoms with Gasteiger partial charge in [-0.15, -0.1) is 5.10 Å². The smallest absolute Gasteiger partial charge is 0.320 e. The minimum atomic E-state index is -0.650. The number of para-hydroxylation sites is 1. The topological polar surface area (TPSA) is 101 Å². The standard InChI is InChI=1S/C28H33N5O4/c1-18-25(30-27(35)29-23-21-10-6-7-11-22(21)28(12-13-28)24(23)34)33(19-8-4-3-5-9-19)31-26(18)37-17-20-16-32(2)14-15-36-20/h3-11,20,23-24,34H,12-17H2,1-2H3,(H2,29,30,35)/t20-,23?,24?/m1/s1. The number of benzene rings is 2. The van der Waals surface area contributed by atoms with Gasteiger partial charge in [0.2, 0.25) is 5.88 Å². The van der Waals surface area contributed by atoms with Gasteiger partial charge in [0.15, 0.2) is 0 Å². The minimum absolute atomic E-state index is 0.0431. The summed E-state index contributed by atoms with van der Waals surface area (Å²) in [6.07, 6.45) is 1.18. The average molecular weight is 504 g/mol. The first kappa shape index (κ1) is 24.0. The van der Waals surface area contributed by atoms with Crippen molar-refractivity contribution < 1.29 is 19.4 Å². The van der Waals surface area contributed by atoms with Gasteiger partial charge in [0, 0.05) is 18.5 Å². The van der Waals surface area contributed by atoms with Crippen molar-refractivity contribution in [2.75, 3.05) is 38.7 Å². The van der Waals surface area contributed by atoms with Crippen LogP contribution in [0.2, 0.25) is 0 Å². The van der Waals surface area contributed by atoms with Gasteiger partial charge in [0.1, 0.15) is 18.5 Å². The van der Waals surface area contributed by atoms with Crippen LogP contribution >= 0.6 is 0 Å². The predicted molar refractivity (Wildman–Crippen MR) is 139 cm³/mol. The monoisotopic (exact) mass is 503 g/mol. The van der Waals surface area contributed by atoms with E-state index in [1.807, 2.05) is 55.5 Å². The highest BCUT2D eigenvalue weighted by Gasteiger charge is 2.59. The lowest BCUT2D eigenvalue weighted by Gasteiger charge is -2.29. The normalized spacial score (nSPS) is 24.0. The van der Waals surface area contributed by atoms with Crippen molar-refractivity contribution in [3.63, 3.8) is 0 Å². The Kier molecular flexibility index (Phi) is 6.14. The van der Waals surface area contributed by atoms with Gasteiger partial charge >= 0.3 is 6.03 Å². The zero-order chi connectivity index (χ0) is 25.6. The molecule has 1 saturated carbocycles. The summed E-state index contributed by atoms with van der Waals surface area (Å²) in [7, 11) is 2.07. The molecule has 9 nitrogen and oxygen atoms in total. The van der Waals surface area contributed by atoms with Crippen molar-refractivity contribution in [1.82, 2.24) is 20.0 Å². The molecule has 9 heteroatoms. The summed E-state index contributed by atoms with van der Waals surface area (Å²) in [5, 5.41) is 21.8. The maximum absolute atomic E-state index is 13.3. The number of carbonyl (C=O) groups is 1. The minimum Gasteiger partial charge on any atom is -0.474 e. The zero-order valence-corrected chi connectivity index (χ0v) is 21.2. The molecule has 2 fully saturated rings. The maximum Gasteiger partial charge on any atom is 0.320 e. The third kappa shape index (κ3) is 4.37.